The Bertz CT molecular complexity index is 408. The van der Waals surface area contributed by atoms with Crippen molar-refractivity contribution in [3.8, 4) is 0 Å². The summed E-state index contributed by atoms with van der Waals surface area (Å²) in [5, 5.41) is 8.84. The van der Waals surface area contributed by atoms with Gasteiger partial charge in [0.2, 0.25) is 11.8 Å². The second-order valence-corrected chi connectivity index (χ2v) is 6.02. The Labute approximate surface area is 125 Å². The normalized spacial score (nSPS) is 21.4. The number of Topliss-reactive ketones (excluding diaryl/α,β-unsaturated/α-hetero) is 1. The van der Waals surface area contributed by atoms with Crippen LogP contribution in [0, 0.1) is 11.8 Å². The van der Waals surface area contributed by atoms with E-state index < -0.39 is 6.61 Å². The molecule has 0 spiro atoms. The average molecular weight is 296 g/mol. The molecule has 0 aromatic heterocycles. The van der Waals surface area contributed by atoms with Crippen LogP contribution in [0.5, 0.6) is 0 Å². The molecule has 0 atom stereocenters. The molecule has 0 bridgehead atoms. The fourth-order valence-electron chi connectivity index (χ4n) is 3.24. The average Bonchev–Trinajstić information content (AvgIpc) is 2.53. The van der Waals surface area contributed by atoms with Gasteiger partial charge >= 0.3 is 0 Å². The number of aliphatic hydroxyl groups is 1. The van der Waals surface area contributed by atoms with Gasteiger partial charge in [0.1, 0.15) is 12.4 Å². The van der Waals surface area contributed by atoms with E-state index in [0.717, 1.165) is 12.8 Å². The minimum Gasteiger partial charge on any atom is -0.387 e. The van der Waals surface area contributed by atoms with E-state index in [4.69, 9.17) is 5.11 Å². The van der Waals surface area contributed by atoms with E-state index in [1.165, 1.54) is 0 Å². The molecule has 2 rings (SSSR count). The van der Waals surface area contributed by atoms with Crippen LogP contribution in [0.25, 0.3) is 0 Å². The molecule has 0 saturated carbocycles. The largest absolute Gasteiger partial charge is 0.387 e. The third-order valence-electron chi connectivity index (χ3n) is 4.71. The SMILES string of the molecule is CC(=O)C1CCN(C(=O)C2CCN(C(=O)CO)CC2)CC1. The Kier molecular flexibility index (Phi) is 5.33. The van der Waals surface area contributed by atoms with Crippen molar-refractivity contribution < 1.29 is 19.5 Å². The van der Waals surface area contributed by atoms with Crippen LogP contribution in [0.15, 0.2) is 0 Å². The smallest absolute Gasteiger partial charge is 0.248 e. The van der Waals surface area contributed by atoms with Gasteiger partial charge in [-0.2, -0.15) is 0 Å². The van der Waals surface area contributed by atoms with E-state index in [2.05, 4.69) is 0 Å². The highest BCUT2D eigenvalue weighted by Crippen LogP contribution is 2.24. The third kappa shape index (κ3) is 3.81. The maximum Gasteiger partial charge on any atom is 0.248 e. The Hall–Kier alpha value is -1.43. The zero-order valence-electron chi connectivity index (χ0n) is 12.6. The summed E-state index contributed by atoms with van der Waals surface area (Å²) >= 11 is 0. The number of hydrogen-bond acceptors (Lipinski definition) is 4. The number of carbonyl (C=O) groups is 3. The highest BCUT2D eigenvalue weighted by atomic mass is 16.3. The first kappa shape index (κ1) is 15.9. The molecule has 0 radical (unpaired) electrons. The Morgan fingerprint density at radius 1 is 0.905 bits per heavy atom. The molecule has 2 aliphatic rings. The van der Waals surface area contributed by atoms with Crippen molar-refractivity contribution in [2.24, 2.45) is 11.8 Å². The lowest BCUT2D eigenvalue weighted by Crippen LogP contribution is -2.47. The number of nitrogens with zero attached hydrogens (tertiary/aromatic N) is 2. The summed E-state index contributed by atoms with van der Waals surface area (Å²) in [6.07, 6.45) is 2.86. The molecule has 2 heterocycles. The molecule has 2 aliphatic heterocycles. The van der Waals surface area contributed by atoms with Crippen molar-refractivity contribution in [1.29, 1.82) is 0 Å². The van der Waals surface area contributed by atoms with E-state index >= 15 is 0 Å². The summed E-state index contributed by atoms with van der Waals surface area (Å²) < 4.78 is 0. The van der Waals surface area contributed by atoms with E-state index in [1.54, 1.807) is 11.8 Å². The van der Waals surface area contributed by atoms with Gasteiger partial charge in [-0.3, -0.25) is 14.4 Å². The number of piperidine rings is 2. The maximum atomic E-state index is 12.5. The summed E-state index contributed by atoms with van der Waals surface area (Å²) in [5.74, 6) is 0.203. The molecule has 2 fully saturated rings. The van der Waals surface area contributed by atoms with Gasteiger partial charge in [0, 0.05) is 38.0 Å². The van der Waals surface area contributed by atoms with Crippen LogP contribution < -0.4 is 0 Å². The molecule has 0 aromatic carbocycles. The third-order valence-corrected chi connectivity index (χ3v) is 4.71. The van der Waals surface area contributed by atoms with Gasteiger partial charge in [0.25, 0.3) is 0 Å². The van der Waals surface area contributed by atoms with Gasteiger partial charge in [-0.15, -0.1) is 0 Å². The summed E-state index contributed by atoms with van der Waals surface area (Å²) in [5.41, 5.74) is 0. The minimum absolute atomic E-state index is 0.0263. The van der Waals surface area contributed by atoms with Crippen LogP contribution in [0.2, 0.25) is 0 Å². The predicted octanol–water partition coefficient (Wildman–Crippen LogP) is 0.0449. The summed E-state index contributed by atoms with van der Waals surface area (Å²) in [6, 6.07) is 0. The molecular formula is C15H24N2O4. The van der Waals surface area contributed by atoms with Gasteiger partial charge in [-0.05, 0) is 32.6 Å². The van der Waals surface area contributed by atoms with E-state index in [9.17, 15) is 14.4 Å². The number of rotatable bonds is 3. The lowest BCUT2D eigenvalue weighted by atomic mass is 9.90. The molecule has 0 aromatic rings. The molecule has 0 aliphatic carbocycles. The van der Waals surface area contributed by atoms with Gasteiger partial charge in [0.05, 0.1) is 0 Å². The fourth-order valence-corrected chi connectivity index (χ4v) is 3.24. The predicted molar refractivity (Wildman–Crippen MR) is 76.4 cm³/mol. The molecule has 21 heavy (non-hydrogen) atoms. The highest BCUT2D eigenvalue weighted by molar-refractivity contribution is 5.81. The molecule has 1 N–H and O–H groups in total. The van der Waals surface area contributed by atoms with Crippen LogP contribution in [0.4, 0.5) is 0 Å². The molecule has 2 amide bonds. The van der Waals surface area contributed by atoms with Crippen LogP contribution in [0.1, 0.15) is 32.6 Å². The van der Waals surface area contributed by atoms with Crippen molar-refractivity contribution >= 4 is 17.6 Å². The summed E-state index contributed by atoms with van der Waals surface area (Å²) in [4.78, 5) is 38.7. The zero-order valence-corrected chi connectivity index (χ0v) is 12.6. The zero-order chi connectivity index (χ0) is 15.4. The van der Waals surface area contributed by atoms with E-state index in [1.807, 2.05) is 4.90 Å². The van der Waals surface area contributed by atoms with Gasteiger partial charge in [-0.25, -0.2) is 0 Å². The van der Waals surface area contributed by atoms with Crippen molar-refractivity contribution in [2.75, 3.05) is 32.8 Å². The number of carbonyl (C=O) groups excluding carboxylic acids is 3. The van der Waals surface area contributed by atoms with Crippen molar-refractivity contribution in [1.82, 2.24) is 9.80 Å². The Morgan fingerprint density at radius 2 is 1.38 bits per heavy atom. The molecule has 118 valence electrons. The summed E-state index contributed by atoms with van der Waals surface area (Å²) in [7, 11) is 0. The van der Waals surface area contributed by atoms with Crippen molar-refractivity contribution in [3.05, 3.63) is 0 Å². The fraction of sp³-hybridized carbons (Fsp3) is 0.800. The van der Waals surface area contributed by atoms with Crippen LogP contribution in [-0.4, -0.2) is 65.3 Å². The maximum absolute atomic E-state index is 12.5. The lowest BCUT2D eigenvalue weighted by molar-refractivity contribution is -0.143. The lowest BCUT2D eigenvalue weighted by Gasteiger charge is -2.36. The van der Waals surface area contributed by atoms with E-state index in [0.29, 0.717) is 39.0 Å². The standard InChI is InChI=1S/C15H24N2O4/c1-11(19)12-2-8-17(9-3-12)15(21)13-4-6-16(7-5-13)14(20)10-18/h12-13,18H,2-10H2,1H3. The first-order valence-electron chi connectivity index (χ1n) is 7.70. The first-order chi connectivity index (χ1) is 10.0. The van der Waals surface area contributed by atoms with Crippen LogP contribution in [-0.2, 0) is 14.4 Å². The number of hydrogen-bond donors (Lipinski definition) is 1. The molecule has 2 saturated heterocycles. The quantitative estimate of drug-likeness (QED) is 0.798. The summed E-state index contributed by atoms with van der Waals surface area (Å²) in [6.45, 7) is 3.57. The topological polar surface area (TPSA) is 77.9 Å². The molecule has 6 nitrogen and oxygen atoms in total. The van der Waals surface area contributed by atoms with Crippen LogP contribution >= 0.6 is 0 Å². The molecule has 0 unspecified atom stereocenters. The monoisotopic (exact) mass is 296 g/mol. The first-order valence-corrected chi connectivity index (χ1v) is 7.70. The highest BCUT2D eigenvalue weighted by Gasteiger charge is 2.32. The molecule has 6 heteroatoms. The van der Waals surface area contributed by atoms with Crippen LogP contribution in [0.3, 0.4) is 0 Å². The second-order valence-electron chi connectivity index (χ2n) is 6.02. The number of amides is 2. The molecular weight excluding hydrogens is 272 g/mol. The number of ketones is 1. The second kappa shape index (κ2) is 7.02. The van der Waals surface area contributed by atoms with Gasteiger partial charge in [0.15, 0.2) is 0 Å². The van der Waals surface area contributed by atoms with Crippen molar-refractivity contribution in [3.63, 3.8) is 0 Å². The van der Waals surface area contributed by atoms with Crippen molar-refractivity contribution in [2.45, 2.75) is 32.6 Å². The number of aliphatic hydroxyl groups excluding tert-OH is 1. The van der Waals surface area contributed by atoms with Gasteiger partial charge in [-0.1, -0.05) is 0 Å². The van der Waals surface area contributed by atoms with Gasteiger partial charge < -0.3 is 14.9 Å². The Morgan fingerprint density at radius 3 is 1.86 bits per heavy atom. The minimum atomic E-state index is -0.461. The van der Waals surface area contributed by atoms with E-state index in [-0.39, 0.29) is 29.4 Å². The number of likely N-dealkylation sites (tertiary alicyclic amines) is 2. The Balaban J connectivity index is 1.80.